The van der Waals surface area contributed by atoms with Crippen molar-refractivity contribution in [2.75, 3.05) is 47.1 Å². The number of ether oxygens (including phenoxy) is 3. The molecule has 1 N–H and O–H groups in total. The summed E-state index contributed by atoms with van der Waals surface area (Å²) in [6.45, 7) is 8.07. The van der Waals surface area contributed by atoms with Gasteiger partial charge in [0.25, 0.3) is 5.91 Å². The van der Waals surface area contributed by atoms with Crippen LogP contribution in [0.25, 0.3) is 0 Å². The molecule has 1 heterocycles. The van der Waals surface area contributed by atoms with Crippen LogP contribution in [-0.4, -0.2) is 63.9 Å². The summed E-state index contributed by atoms with van der Waals surface area (Å²) in [7, 11) is 3.27. The van der Waals surface area contributed by atoms with Crippen molar-refractivity contribution in [2.45, 2.75) is 32.7 Å². The lowest BCUT2D eigenvalue weighted by atomic mass is 10.1. The molecule has 1 amide bonds. The van der Waals surface area contributed by atoms with Gasteiger partial charge in [-0.2, -0.15) is 0 Å². The quantitative estimate of drug-likeness (QED) is 0.647. The van der Waals surface area contributed by atoms with Gasteiger partial charge in [-0.1, -0.05) is 0 Å². The number of rotatable bonds is 10. The van der Waals surface area contributed by atoms with Crippen LogP contribution in [0, 0.1) is 5.92 Å². The third-order valence-corrected chi connectivity index (χ3v) is 4.66. The molecule has 1 aliphatic rings. The average Bonchev–Trinajstić information content (AvgIpc) is 3.15. The molecule has 6 heteroatoms. The smallest absolute Gasteiger partial charge is 0.254 e. The minimum Gasteiger partial charge on any atom is -0.493 e. The molecule has 0 unspecified atom stereocenters. The van der Waals surface area contributed by atoms with E-state index in [1.807, 2.05) is 11.0 Å². The molecule has 146 valence electrons. The first-order chi connectivity index (χ1) is 12.6. The van der Waals surface area contributed by atoms with Crippen LogP contribution >= 0.6 is 0 Å². The van der Waals surface area contributed by atoms with Gasteiger partial charge >= 0.3 is 0 Å². The Labute approximate surface area is 156 Å². The van der Waals surface area contributed by atoms with Crippen molar-refractivity contribution in [1.82, 2.24) is 10.2 Å². The third kappa shape index (κ3) is 5.61. The SMILES string of the molecule is COCCCOc1cc(C(=O)N(C[C@@H]2CCNC2)C(C)C)ccc1OC. The van der Waals surface area contributed by atoms with Crippen molar-refractivity contribution in [3.8, 4) is 11.5 Å². The van der Waals surface area contributed by atoms with Gasteiger partial charge in [0.15, 0.2) is 11.5 Å². The highest BCUT2D eigenvalue weighted by atomic mass is 16.5. The second-order valence-electron chi connectivity index (χ2n) is 6.97. The predicted octanol–water partition coefficient (Wildman–Crippen LogP) is 2.57. The number of carbonyl (C=O) groups excluding carboxylic acids is 1. The minimum atomic E-state index is 0.0382. The monoisotopic (exact) mass is 364 g/mol. The van der Waals surface area contributed by atoms with Crippen molar-refractivity contribution in [2.24, 2.45) is 5.92 Å². The zero-order valence-corrected chi connectivity index (χ0v) is 16.4. The lowest BCUT2D eigenvalue weighted by Crippen LogP contribution is -2.40. The topological polar surface area (TPSA) is 60.0 Å². The minimum absolute atomic E-state index is 0.0382. The summed E-state index contributed by atoms with van der Waals surface area (Å²) in [5.74, 6) is 1.79. The van der Waals surface area contributed by atoms with E-state index >= 15 is 0 Å². The number of nitrogens with zero attached hydrogens (tertiary/aromatic N) is 1. The molecule has 1 aliphatic heterocycles. The van der Waals surface area contributed by atoms with E-state index < -0.39 is 0 Å². The fraction of sp³-hybridized carbons (Fsp3) is 0.650. The molecular formula is C20H32N2O4. The van der Waals surface area contributed by atoms with E-state index in [4.69, 9.17) is 14.2 Å². The van der Waals surface area contributed by atoms with Gasteiger partial charge in [-0.25, -0.2) is 0 Å². The van der Waals surface area contributed by atoms with Gasteiger partial charge in [0.05, 0.1) is 13.7 Å². The van der Waals surface area contributed by atoms with Crippen LogP contribution < -0.4 is 14.8 Å². The highest BCUT2D eigenvalue weighted by Gasteiger charge is 2.25. The normalized spacial score (nSPS) is 16.7. The maximum absolute atomic E-state index is 13.1. The van der Waals surface area contributed by atoms with Crippen LogP contribution in [0.2, 0.25) is 0 Å². The Morgan fingerprint density at radius 2 is 2.08 bits per heavy atom. The Morgan fingerprint density at radius 1 is 1.27 bits per heavy atom. The van der Waals surface area contributed by atoms with Crippen LogP contribution in [0.5, 0.6) is 11.5 Å². The Bertz CT molecular complexity index is 571. The molecule has 1 fully saturated rings. The molecule has 0 radical (unpaired) electrons. The molecule has 2 rings (SSSR count). The summed E-state index contributed by atoms with van der Waals surface area (Å²) in [4.78, 5) is 15.0. The molecule has 1 aromatic rings. The van der Waals surface area contributed by atoms with Crippen molar-refractivity contribution in [1.29, 1.82) is 0 Å². The average molecular weight is 364 g/mol. The van der Waals surface area contributed by atoms with Crippen LogP contribution in [-0.2, 0) is 4.74 Å². The highest BCUT2D eigenvalue weighted by Crippen LogP contribution is 2.29. The zero-order chi connectivity index (χ0) is 18.9. The van der Waals surface area contributed by atoms with Crippen molar-refractivity contribution in [3.05, 3.63) is 23.8 Å². The van der Waals surface area contributed by atoms with E-state index in [9.17, 15) is 4.79 Å². The van der Waals surface area contributed by atoms with Gasteiger partial charge in [-0.05, 0) is 57.5 Å². The third-order valence-electron chi connectivity index (χ3n) is 4.66. The molecule has 0 aromatic heterocycles. The number of amides is 1. The number of benzene rings is 1. The highest BCUT2D eigenvalue weighted by molar-refractivity contribution is 5.95. The van der Waals surface area contributed by atoms with Gasteiger partial charge in [-0.3, -0.25) is 4.79 Å². The zero-order valence-electron chi connectivity index (χ0n) is 16.4. The number of hydrogen-bond acceptors (Lipinski definition) is 5. The fourth-order valence-corrected chi connectivity index (χ4v) is 3.15. The first kappa shape index (κ1) is 20.5. The Morgan fingerprint density at radius 3 is 2.69 bits per heavy atom. The van der Waals surface area contributed by atoms with Gasteiger partial charge in [0.2, 0.25) is 0 Å². The van der Waals surface area contributed by atoms with Crippen molar-refractivity contribution < 1.29 is 19.0 Å². The Balaban J connectivity index is 2.11. The molecular weight excluding hydrogens is 332 g/mol. The number of methoxy groups -OCH3 is 2. The number of hydrogen-bond donors (Lipinski definition) is 1. The molecule has 0 spiro atoms. The maximum Gasteiger partial charge on any atom is 0.254 e. The summed E-state index contributed by atoms with van der Waals surface area (Å²) in [5.41, 5.74) is 0.632. The van der Waals surface area contributed by atoms with E-state index in [2.05, 4.69) is 19.2 Å². The summed E-state index contributed by atoms with van der Waals surface area (Å²) >= 11 is 0. The van der Waals surface area contributed by atoms with Gasteiger partial charge in [-0.15, -0.1) is 0 Å². The lowest BCUT2D eigenvalue weighted by molar-refractivity contribution is 0.0676. The summed E-state index contributed by atoms with van der Waals surface area (Å²) in [6.07, 6.45) is 1.90. The summed E-state index contributed by atoms with van der Waals surface area (Å²) < 4.78 is 16.2. The molecule has 1 aromatic carbocycles. The summed E-state index contributed by atoms with van der Waals surface area (Å²) in [6, 6.07) is 5.55. The van der Waals surface area contributed by atoms with E-state index in [1.165, 1.54) is 0 Å². The van der Waals surface area contributed by atoms with Gasteiger partial charge < -0.3 is 24.4 Å². The van der Waals surface area contributed by atoms with Crippen molar-refractivity contribution >= 4 is 5.91 Å². The number of carbonyl (C=O) groups is 1. The van der Waals surface area contributed by atoms with Crippen LogP contribution in [0.1, 0.15) is 37.0 Å². The van der Waals surface area contributed by atoms with Gasteiger partial charge in [0, 0.05) is 38.3 Å². The van der Waals surface area contributed by atoms with Crippen molar-refractivity contribution in [3.63, 3.8) is 0 Å². The molecule has 0 saturated carbocycles. The predicted molar refractivity (Wildman–Crippen MR) is 102 cm³/mol. The second kappa shape index (κ2) is 10.4. The van der Waals surface area contributed by atoms with E-state index in [-0.39, 0.29) is 11.9 Å². The van der Waals surface area contributed by atoms with Gasteiger partial charge in [0.1, 0.15) is 0 Å². The van der Waals surface area contributed by atoms with Crippen LogP contribution in [0.15, 0.2) is 18.2 Å². The fourth-order valence-electron chi connectivity index (χ4n) is 3.15. The van der Waals surface area contributed by atoms with E-state index in [0.717, 1.165) is 32.5 Å². The van der Waals surface area contributed by atoms with E-state index in [1.54, 1.807) is 26.4 Å². The first-order valence-electron chi connectivity index (χ1n) is 9.38. The van der Waals surface area contributed by atoms with Crippen LogP contribution in [0.3, 0.4) is 0 Å². The lowest BCUT2D eigenvalue weighted by Gasteiger charge is -2.29. The molecule has 0 bridgehead atoms. The molecule has 1 atom stereocenters. The molecule has 0 aliphatic carbocycles. The largest absolute Gasteiger partial charge is 0.493 e. The maximum atomic E-state index is 13.1. The Hall–Kier alpha value is -1.79. The molecule has 6 nitrogen and oxygen atoms in total. The Kier molecular flexibility index (Phi) is 8.19. The second-order valence-corrected chi connectivity index (χ2v) is 6.97. The molecule has 26 heavy (non-hydrogen) atoms. The first-order valence-corrected chi connectivity index (χ1v) is 9.38. The standard InChI is InChI=1S/C20H32N2O4/c1-15(2)22(14-16-8-9-21-13-16)20(23)17-6-7-18(25-4)19(12-17)26-11-5-10-24-3/h6-7,12,15-16,21H,5,8-11,13-14H2,1-4H3/t16-/m1/s1. The number of nitrogens with one attached hydrogen (secondary N) is 1. The van der Waals surface area contributed by atoms with Crippen LogP contribution in [0.4, 0.5) is 0 Å². The summed E-state index contributed by atoms with van der Waals surface area (Å²) in [5, 5.41) is 3.37. The van der Waals surface area contributed by atoms with E-state index in [0.29, 0.717) is 36.2 Å². The molecule has 1 saturated heterocycles.